The fourth-order valence-electron chi connectivity index (χ4n) is 1.56. The van der Waals surface area contributed by atoms with Crippen LogP contribution in [-0.4, -0.2) is 18.4 Å². The van der Waals surface area contributed by atoms with Gasteiger partial charge in [-0.2, -0.15) is 0 Å². The predicted octanol–water partition coefficient (Wildman–Crippen LogP) is 2.10. The van der Waals surface area contributed by atoms with Gasteiger partial charge in [-0.25, -0.2) is 10.2 Å². The number of rotatable bonds is 5. The molecule has 4 N–H and O–H groups in total. The van der Waals surface area contributed by atoms with Crippen LogP contribution in [0.2, 0.25) is 5.02 Å². The summed E-state index contributed by atoms with van der Waals surface area (Å²) in [5.41, 5.74) is 2.90. The molecular weight excluding hydrogens is 311 g/mol. The molecule has 0 aliphatic carbocycles. The third-order valence-corrected chi connectivity index (χ3v) is 2.87. The van der Waals surface area contributed by atoms with E-state index in [1.807, 2.05) is 0 Å². The van der Waals surface area contributed by atoms with Crippen molar-refractivity contribution in [1.29, 1.82) is 0 Å². The zero-order valence-electron chi connectivity index (χ0n) is 11.8. The number of hydrogen-bond donors (Lipinski definition) is 3. The fraction of sp³-hybridized carbons (Fsp3) is 0.143. The molecule has 0 aliphatic rings. The molecule has 22 heavy (non-hydrogen) atoms. The molecule has 118 valence electrons. The summed E-state index contributed by atoms with van der Waals surface area (Å²) in [6.45, 7) is 0.0915. The Morgan fingerprint density at radius 3 is 2.77 bits per heavy atom. The molecular formula is C14H16ClFN4O2. The first kappa shape index (κ1) is 17.7. The Bertz CT molecular complexity index is 613. The van der Waals surface area contributed by atoms with Crippen molar-refractivity contribution < 1.29 is 13.9 Å². The standard InChI is InChI=1S/C13H12ClFN2O.CH4N2O/c1-16-12-4-2-3-11(15)9(12)8-18-13-7-17-6-5-10(13)14;2-3-1-4/h2-7,16H,8H2,1H3;1H,2H2,(H,3,4). The lowest BCUT2D eigenvalue weighted by Crippen LogP contribution is -2.18. The van der Waals surface area contributed by atoms with Gasteiger partial charge in [0.2, 0.25) is 6.41 Å². The van der Waals surface area contributed by atoms with Crippen molar-refractivity contribution in [2.24, 2.45) is 5.84 Å². The second kappa shape index (κ2) is 9.54. The number of anilines is 1. The highest BCUT2D eigenvalue weighted by molar-refractivity contribution is 6.31. The van der Waals surface area contributed by atoms with Gasteiger partial charge in [0, 0.05) is 24.5 Å². The highest BCUT2D eigenvalue weighted by Gasteiger charge is 2.09. The molecule has 6 nitrogen and oxygen atoms in total. The molecule has 8 heteroatoms. The molecule has 0 atom stereocenters. The van der Waals surface area contributed by atoms with E-state index in [0.29, 0.717) is 28.4 Å². The van der Waals surface area contributed by atoms with Crippen LogP contribution in [0.4, 0.5) is 10.1 Å². The van der Waals surface area contributed by atoms with Gasteiger partial charge in [-0.3, -0.25) is 15.2 Å². The van der Waals surface area contributed by atoms with Crippen molar-refractivity contribution in [1.82, 2.24) is 10.4 Å². The van der Waals surface area contributed by atoms with Crippen molar-refractivity contribution in [3.05, 3.63) is 53.1 Å². The first-order valence-electron chi connectivity index (χ1n) is 6.21. The van der Waals surface area contributed by atoms with E-state index in [9.17, 15) is 4.39 Å². The molecule has 1 aromatic carbocycles. The maximum atomic E-state index is 13.7. The number of nitrogens with one attached hydrogen (secondary N) is 2. The summed E-state index contributed by atoms with van der Waals surface area (Å²) in [5.74, 6) is 4.53. The largest absolute Gasteiger partial charge is 0.486 e. The smallest absolute Gasteiger partial charge is 0.221 e. The molecule has 1 aromatic heterocycles. The molecule has 0 radical (unpaired) electrons. The maximum Gasteiger partial charge on any atom is 0.221 e. The van der Waals surface area contributed by atoms with E-state index in [1.54, 1.807) is 36.9 Å². The Labute approximate surface area is 132 Å². The van der Waals surface area contributed by atoms with Gasteiger partial charge < -0.3 is 10.1 Å². The Kier molecular flexibility index (Phi) is 7.66. The summed E-state index contributed by atoms with van der Waals surface area (Å²) < 4.78 is 19.1. The van der Waals surface area contributed by atoms with Crippen LogP contribution in [0.25, 0.3) is 0 Å². The Balaban J connectivity index is 0.000000541. The summed E-state index contributed by atoms with van der Waals surface area (Å²) in [4.78, 5) is 12.8. The number of benzene rings is 1. The molecule has 0 saturated carbocycles. The monoisotopic (exact) mass is 326 g/mol. The average molecular weight is 327 g/mol. The van der Waals surface area contributed by atoms with Crippen molar-refractivity contribution in [2.45, 2.75) is 6.61 Å². The van der Waals surface area contributed by atoms with Crippen LogP contribution in [0.3, 0.4) is 0 Å². The number of amides is 1. The number of nitrogens with two attached hydrogens (primary N) is 1. The highest BCUT2D eigenvalue weighted by Crippen LogP contribution is 2.25. The second-order valence-corrected chi connectivity index (χ2v) is 4.30. The van der Waals surface area contributed by atoms with Gasteiger partial charge in [-0.05, 0) is 18.2 Å². The molecule has 0 saturated heterocycles. The van der Waals surface area contributed by atoms with Crippen molar-refractivity contribution >= 4 is 23.7 Å². The lowest BCUT2D eigenvalue weighted by Gasteiger charge is -2.12. The van der Waals surface area contributed by atoms with Crippen LogP contribution in [0.15, 0.2) is 36.7 Å². The summed E-state index contributed by atoms with van der Waals surface area (Å²) in [5, 5.41) is 3.37. The zero-order chi connectivity index (χ0) is 16.4. The lowest BCUT2D eigenvalue weighted by molar-refractivity contribution is -0.109. The fourth-order valence-corrected chi connectivity index (χ4v) is 1.72. The third-order valence-electron chi connectivity index (χ3n) is 2.56. The summed E-state index contributed by atoms with van der Waals surface area (Å²) >= 11 is 5.93. The van der Waals surface area contributed by atoms with E-state index >= 15 is 0 Å². The molecule has 0 unspecified atom stereocenters. The Morgan fingerprint density at radius 2 is 2.18 bits per heavy atom. The number of ether oxygens (including phenoxy) is 1. The second-order valence-electron chi connectivity index (χ2n) is 3.90. The predicted molar refractivity (Wildman–Crippen MR) is 82.9 cm³/mol. The van der Waals surface area contributed by atoms with Gasteiger partial charge in [-0.1, -0.05) is 17.7 Å². The van der Waals surface area contributed by atoms with Gasteiger partial charge in [0.05, 0.1) is 11.2 Å². The van der Waals surface area contributed by atoms with E-state index < -0.39 is 0 Å². The average Bonchev–Trinajstić information content (AvgIpc) is 2.55. The molecule has 2 aromatic rings. The van der Waals surface area contributed by atoms with Gasteiger partial charge in [0.15, 0.2) is 5.75 Å². The van der Waals surface area contributed by atoms with Gasteiger partial charge in [0.25, 0.3) is 0 Å². The van der Waals surface area contributed by atoms with Crippen LogP contribution >= 0.6 is 11.6 Å². The number of pyridine rings is 1. The van der Waals surface area contributed by atoms with E-state index in [2.05, 4.69) is 16.1 Å². The first-order valence-corrected chi connectivity index (χ1v) is 6.59. The highest BCUT2D eigenvalue weighted by atomic mass is 35.5. The zero-order valence-corrected chi connectivity index (χ0v) is 12.6. The van der Waals surface area contributed by atoms with E-state index in [-0.39, 0.29) is 12.4 Å². The molecule has 2 rings (SSSR count). The lowest BCUT2D eigenvalue weighted by atomic mass is 10.2. The van der Waals surface area contributed by atoms with Crippen LogP contribution in [0.5, 0.6) is 5.75 Å². The number of hydrogen-bond acceptors (Lipinski definition) is 5. The van der Waals surface area contributed by atoms with Crippen molar-refractivity contribution in [2.75, 3.05) is 12.4 Å². The van der Waals surface area contributed by atoms with Crippen LogP contribution in [-0.2, 0) is 11.4 Å². The summed E-state index contributed by atoms with van der Waals surface area (Å²) in [6, 6.07) is 6.44. The van der Waals surface area contributed by atoms with Gasteiger partial charge >= 0.3 is 0 Å². The van der Waals surface area contributed by atoms with Crippen molar-refractivity contribution in [3.63, 3.8) is 0 Å². The number of carbonyl (C=O) groups excluding carboxylic acids is 1. The van der Waals surface area contributed by atoms with Crippen LogP contribution in [0, 0.1) is 5.82 Å². The molecule has 0 bridgehead atoms. The first-order chi connectivity index (χ1) is 10.6. The minimum atomic E-state index is -0.318. The third kappa shape index (κ3) is 5.19. The number of hydrazine groups is 1. The van der Waals surface area contributed by atoms with Gasteiger partial charge in [0.1, 0.15) is 12.4 Å². The van der Waals surface area contributed by atoms with Crippen LogP contribution < -0.4 is 21.3 Å². The van der Waals surface area contributed by atoms with Crippen molar-refractivity contribution in [3.8, 4) is 5.75 Å². The maximum absolute atomic E-state index is 13.7. The molecule has 1 heterocycles. The quantitative estimate of drug-likeness (QED) is 0.339. The molecule has 0 fully saturated rings. The Hall–Kier alpha value is -2.38. The SMILES string of the molecule is CNc1cccc(F)c1COc1cnccc1Cl.NNC=O. The van der Waals surface area contributed by atoms with E-state index in [1.165, 1.54) is 12.3 Å². The topological polar surface area (TPSA) is 89.3 Å². The summed E-state index contributed by atoms with van der Waals surface area (Å²) in [6.07, 6.45) is 3.47. The molecule has 0 aliphatic heterocycles. The summed E-state index contributed by atoms with van der Waals surface area (Å²) in [7, 11) is 1.73. The van der Waals surface area contributed by atoms with E-state index in [4.69, 9.17) is 21.1 Å². The molecule has 1 amide bonds. The number of nitrogens with zero attached hydrogens (tertiary/aromatic N) is 1. The minimum Gasteiger partial charge on any atom is -0.486 e. The van der Waals surface area contributed by atoms with Crippen LogP contribution in [0.1, 0.15) is 5.56 Å². The number of carbonyl (C=O) groups is 1. The minimum absolute atomic E-state index is 0.0915. The van der Waals surface area contributed by atoms with E-state index in [0.717, 1.165) is 0 Å². The van der Waals surface area contributed by atoms with Gasteiger partial charge in [-0.15, -0.1) is 0 Å². The molecule has 0 spiro atoms. The number of aromatic nitrogens is 1. The number of halogens is 2. The Morgan fingerprint density at radius 1 is 1.45 bits per heavy atom. The normalized spacial score (nSPS) is 9.27.